The van der Waals surface area contributed by atoms with Crippen LogP contribution in [0.15, 0.2) is 61.1 Å². The van der Waals surface area contributed by atoms with Gasteiger partial charge < -0.3 is 4.57 Å². The van der Waals surface area contributed by atoms with E-state index in [1.165, 1.54) is 15.1 Å². The van der Waals surface area contributed by atoms with Crippen molar-refractivity contribution in [2.75, 3.05) is 27.2 Å². The first-order valence-corrected chi connectivity index (χ1v) is 11.8. The van der Waals surface area contributed by atoms with Crippen molar-refractivity contribution in [3.8, 4) is 11.1 Å². The molecule has 0 N–H and O–H groups in total. The Kier molecular flexibility index (Phi) is 5.00. The SMILES string of the molecule is CN(C)S(=O)(=O)N1CCC(n2cnc3c(-c4ccc5ccccc5c4)ccnc32)CC1. The molecule has 4 aromatic rings. The van der Waals surface area contributed by atoms with Crippen LogP contribution in [0, 0.1) is 0 Å². The Morgan fingerprint density at radius 3 is 2.45 bits per heavy atom. The maximum atomic E-state index is 12.4. The predicted octanol–water partition coefficient (Wildman–Crippen LogP) is 3.69. The fourth-order valence-electron chi connectivity index (χ4n) is 4.37. The lowest BCUT2D eigenvalue weighted by molar-refractivity contribution is 0.265. The van der Waals surface area contributed by atoms with Crippen molar-refractivity contribution in [3.63, 3.8) is 0 Å². The van der Waals surface area contributed by atoms with Crippen molar-refractivity contribution in [1.82, 2.24) is 23.1 Å². The summed E-state index contributed by atoms with van der Waals surface area (Å²) in [6.07, 6.45) is 5.15. The number of nitrogens with zero attached hydrogens (tertiary/aromatic N) is 5. The van der Waals surface area contributed by atoms with Crippen LogP contribution >= 0.6 is 0 Å². The van der Waals surface area contributed by atoms with Crippen LogP contribution in [0.5, 0.6) is 0 Å². The third-order valence-corrected chi connectivity index (χ3v) is 8.07. The van der Waals surface area contributed by atoms with Gasteiger partial charge in [-0.15, -0.1) is 0 Å². The lowest BCUT2D eigenvalue weighted by Crippen LogP contribution is -2.44. The Balaban J connectivity index is 1.46. The van der Waals surface area contributed by atoms with Gasteiger partial charge in [0, 0.05) is 45.0 Å². The highest BCUT2D eigenvalue weighted by atomic mass is 32.2. The molecule has 1 aliphatic rings. The van der Waals surface area contributed by atoms with E-state index in [2.05, 4.69) is 39.9 Å². The zero-order valence-corrected chi connectivity index (χ0v) is 18.5. The van der Waals surface area contributed by atoms with Crippen molar-refractivity contribution in [3.05, 3.63) is 61.1 Å². The highest BCUT2D eigenvalue weighted by molar-refractivity contribution is 7.86. The Hall–Kier alpha value is -2.81. The average Bonchev–Trinajstić information content (AvgIpc) is 3.23. The third kappa shape index (κ3) is 3.50. The van der Waals surface area contributed by atoms with E-state index in [-0.39, 0.29) is 6.04 Å². The number of fused-ring (bicyclic) bond motifs is 2. The minimum absolute atomic E-state index is 0.179. The van der Waals surface area contributed by atoms with Gasteiger partial charge in [0.2, 0.25) is 0 Å². The molecule has 160 valence electrons. The van der Waals surface area contributed by atoms with Crippen molar-refractivity contribution < 1.29 is 8.42 Å². The van der Waals surface area contributed by atoms with Gasteiger partial charge >= 0.3 is 0 Å². The Morgan fingerprint density at radius 2 is 1.71 bits per heavy atom. The standard InChI is InChI=1S/C23H25N5O2S/c1-26(2)31(29,30)27-13-10-20(11-14-27)28-16-25-22-21(9-12-24-23(22)28)19-8-7-17-5-3-4-6-18(17)15-19/h3-9,12,15-16,20H,10-11,13-14H2,1-2H3. The Morgan fingerprint density at radius 1 is 0.968 bits per heavy atom. The number of hydrogen-bond donors (Lipinski definition) is 0. The number of imidazole rings is 1. The molecule has 5 rings (SSSR count). The van der Waals surface area contributed by atoms with E-state index in [9.17, 15) is 8.42 Å². The Bertz CT molecular complexity index is 1350. The summed E-state index contributed by atoms with van der Waals surface area (Å²) >= 11 is 0. The van der Waals surface area contributed by atoms with Crippen LogP contribution in [0.2, 0.25) is 0 Å². The van der Waals surface area contributed by atoms with E-state index in [4.69, 9.17) is 4.98 Å². The molecule has 0 amide bonds. The van der Waals surface area contributed by atoms with Crippen molar-refractivity contribution in [2.45, 2.75) is 18.9 Å². The molecular formula is C23H25N5O2S. The number of pyridine rings is 1. The minimum Gasteiger partial charge on any atom is -0.312 e. The maximum absolute atomic E-state index is 12.4. The summed E-state index contributed by atoms with van der Waals surface area (Å²) in [5.74, 6) is 0. The molecule has 2 aromatic carbocycles. The van der Waals surface area contributed by atoms with Crippen molar-refractivity contribution in [1.29, 1.82) is 0 Å². The number of hydrogen-bond acceptors (Lipinski definition) is 4. The summed E-state index contributed by atoms with van der Waals surface area (Å²) < 4.78 is 29.7. The zero-order chi connectivity index (χ0) is 21.6. The van der Waals surface area contributed by atoms with Gasteiger partial charge in [0.05, 0.1) is 6.33 Å². The van der Waals surface area contributed by atoms with Crippen LogP contribution < -0.4 is 0 Å². The highest BCUT2D eigenvalue weighted by Gasteiger charge is 2.30. The van der Waals surface area contributed by atoms with Gasteiger partial charge in [0.15, 0.2) is 5.65 Å². The molecule has 1 aliphatic heterocycles. The van der Waals surface area contributed by atoms with E-state index in [1.807, 2.05) is 30.7 Å². The predicted molar refractivity (Wildman–Crippen MR) is 123 cm³/mol. The fourth-order valence-corrected chi connectivity index (χ4v) is 5.51. The lowest BCUT2D eigenvalue weighted by Gasteiger charge is -2.33. The van der Waals surface area contributed by atoms with Crippen molar-refractivity contribution >= 4 is 32.1 Å². The molecule has 0 spiro atoms. The smallest absolute Gasteiger partial charge is 0.281 e. The topological polar surface area (TPSA) is 71.3 Å². The van der Waals surface area contributed by atoms with Crippen molar-refractivity contribution in [2.24, 2.45) is 0 Å². The van der Waals surface area contributed by atoms with Gasteiger partial charge in [0.1, 0.15) is 5.52 Å². The largest absolute Gasteiger partial charge is 0.312 e. The first kappa shape index (κ1) is 20.1. The summed E-state index contributed by atoms with van der Waals surface area (Å²) in [6.45, 7) is 0.991. The molecule has 3 heterocycles. The van der Waals surface area contributed by atoms with Gasteiger partial charge in [-0.25, -0.2) is 9.97 Å². The number of rotatable bonds is 4. The van der Waals surface area contributed by atoms with Gasteiger partial charge in [0.25, 0.3) is 10.2 Å². The van der Waals surface area contributed by atoms with E-state index < -0.39 is 10.2 Å². The normalized spacial score (nSPS) is 16.5. The molecule has 0 saturated carbocycles. The second-order valence-corrected chi connectivity index (χ2v) is 10.3. The van der Waals surface area contributed by atoms with Gasteiger partial charge in [-0.2, -0.15) is 17.0 Å². The Labute approximate surface area is 182 Å². The monoisotopic (exact) mass is 435 g/mol. The van der Waals surface area contributed by atoms with E-state index in [1.54, 1.807) is 18.4 Å². The maximum Gasteiger partial charge on any atom is 0.281 e. The molecule has 0 atom stereocenters. The lowest BCUT2D eigenvalue weighted by atomic mass is 10.0. The zero-order valence-electron chi connectivity index (χ0n) is 17.6. The summed E-state index contributed by atoms with van der Waals surface area (Å²) in [7, 11) is -0.224. The summed E-state index contributed by atoms with van der Waals surface area (Å²) in [5, 5.41) is 2.40. The molecule has 0 aliphatic carbocycles. The van der Waals surface area contributed by atoms with Crippen LogP contribution in [0.4, 0.5) is 0 Å². The molecule has 0 unspecified atom stereocenters. The second kappa shape index (κ2) is 7.71. The van der Waals surface area contributed by atoms with Gasteiger partial charge in [-0.3, -0.25) is 0 Å². The summed E-state index contributed by atoms with van der Waals surface area (Å²) in [4.78, 5) is 9.33. The van der Waals surface area contributed by atoms with E-state index >= 15 is 0 Å². The van der Waals surface area contributed by atoms with Gasteiger partial charge in [-0.1, -0.05) is 36.4 Å². The van der Waals surface area contributed by atoms with Crippen LogP contribution in [0.1, 0.15) is 18.9 Å². The summed E-state index contributed by atoms with van der Waals surface area (Å²) in [6, 6.07) is 17.0. The minimum atomic E-state index is -3.37. The van der Waals surface area contributed by atoms with Crippen LogP contribution in [0.3, 0.4) is 0 Å². The molecule has 31 heavy (non-hydrogen) atoms. The molecular weight excluding hydrogens is 410 g/mol. The molecule has 1 fully saturated rings. The third-order valence-electron chi connectivity index (χ3n) is 6.13. The molecule has 0 radical (unpaired) electrons. The molecule has 2 aromatic heterocycles. The summed E-state index contributed by atoms with van der Waals surface area (Å²) in [5.41, 5.74) is 3.89. The van der Waals surface area contributed by atoms with Crippen LogP contribution in [-0.2, 0) is 10.2 Å². The number of aromatic nitrogens is 3. The number of benzene rings is 2. The second-order valence-electron chi connectivity index (χ2n) is 8.16. The first-order chi connectivity index (χ1) is 14.9. The quantitative estimate of drug-likeness (QED) is 0.490. The molecule has 0 bridgehead atoms. The number of piperidine rings is 1. The van der Waals surface area contributed by atoms with E-state index in [0.717, 1.165) is 35.1 Å². The average molecular weight is 436 g/mol. The first-order valence-electron chi connectivity index (χ1n) is 10.4. The highest BCUT2D eigenvalue weighted by Crippen LogP contribution is 2.32. The fraction of sp³-hybridized carbons (Fsp3) is 0.304. The molecule has 8 heteroatoms. The molecule has 1 saturated heterocycles. The van der Waals surface area contributed by atoms with Gasteiger partial charge in [-0.05, 0) is 41.3 Å². The van der Waals surface area contributed by atoms with E-state index in [0.29, 0.717) is 13.1 Å². The van der Waals surface area contributed by atoms with Crippen LogP contribution in [-0.4, -0.2) is 58.7 Å². The van der Waals surface area contributed by atoms with Crippen LogP contribution in [0.25, 0.3) is 33.1 Å². The molecule has 7 nitrogen and oxygen atoms in total.